The second-order valence-corrected chi connectivity index (χ2v) is 5.72. The normalized spacial score (nSPS) is 23.5. The fraction of sp³-hybridized carbons (Fsp3) is 0.846. The van der Waals surface area contributed by atoms with Gasteiger partial charge in [0.05, 0.1) is 0 Å². The van der Waals surface area contributed by atoms with Crippen LogP contribution >= 0.6 is 0 Å². The van der Waals surface area contributed by atoms with Crippen LogP contribution in [0.25, 0.3) is 0 Å². The minimum Gasteiger partial charge on any atom is -0.480 e. The molecule has 2 amide bonds. The van der Waals surface area contributed by atoms with E-state index in [1.165, 1.54) is 4.90 Å². The SMILES string of the molecule is CC(C)CCN(C)C(=O)N1CCCC1(C)C(=O)O. The van der Waals surface area contributed by atoms with Gasteiger partial charge >= 0.3 is 12.0 Å². The Morgan fingerprint density at radius 3 is 2.56 bits per heavy atom. The van der Waals surface area contributed by atoms with Gasteiger partial charge in [0.1, 0.15) is 5.54 Å². The van der Waals surface area contributed by atoms with E-state index in [4.69, 9.17) is 0 Å². The van der Waals surface area contributed by atoms with Gasteiger partial charge in [-0.05, 0) is 32.1 Å². The maximum atomic E-state index is 12.3. The number of carbonyl (C=O) groups excluding carboxylic acids is 1. The second-order valence-electron chi connectivity index (χ2n) is 5.72. The molecule has 1 unspecified atom stereocenters. The highest BCUT2D eigenvalue weighted by molar-refractivity contribution is 5.86. The molecule has 0 radical (unpaired) electrons. The van der Waals surface area contributed by atoms with Crippen molar-refractivity contribution < 1.29 is 14.7 Å². The number of carboxylic acid groups (broad SMARTS) is 1. The third-order valence-electron chi connectivity index (χ3n) is 3.70. The maximum Gasteiger partial charge on any atom is 0.329 e. The Hall–Kier alpha value is -1.26. The summed E-state index contributed by atoms with van der Waals surface area (Å²) < 4.78 is 0. The van der Waals surface area contributed by atoms with Crippen LogP contribution in [0.5, 0.6) is 0 Å². The number of nitrogens with zero attached hydrogens (tertiary/aromatic N) is 2. The van der Waals surface area contributed by atoms with Crippen LogP contribution in [0, 0.1) is 5.92 Å². The monoisotopic (exact) mass is 256 g/mol. The predicted molar refractivity (Wildman–Crippen MR) is 69.5 cm³/mol. The molecule has 1 saturated heterocycles. The molecule has 1 atom stereocenters. The zero-order valence-electron chi connectivity index (χ0n) is 11.8. The van der Waals surface area contributed by atoms with Crippen LogP contribution in [-0.2, 0) is 4.79 Å². The van der Waals surface area contributed by atoms with Gasteiger partial charge in [-0.1, -0.05) is 13.8 Å². The van der Waals surface area contributed by atoms with E-state index < -0.39 is 11.5 Å². The van der Waals surface area contributed by atoms with E-state index in [0.29, 0.717) is 25.4 Å². The highest BCUT2D eigenvalue weighted by Gasteiger charge is 2.46. The molecule has 18 heavy (non-hydrogen) atoms. The van der Waals surface area contributed by atoms with Crippen LogP contribution in [0.15, 0.2) is 0 Å². The average Bonchev–Trinajstić information content (AvgIpc) is 2.68. The molecule has 1 aliphatic rings. The molecule has 0 saturated carbocycles. The number of urea groups is 1. The Bertz CT molecular complexity index is 330. The van der Waals surface area contributed by atoms with Gasteiger partial charge in [-0.25, -0.2) is 9.59 Å². The fourth-order valence-electron chi connectivity index (χ4n) is 2.25. The largest absolute Gasteiger partial charge is 0.480 e. The van der Waals surface area contributed by atoms with E-state index in [-0.39, 0.29) is 6.03 Å². The summed E-state index contributed by atoms with van der Waals surface area (Å²) in [5.74, 6) is -0.379. The number of aliphatic carboxylic acids is 1. The van der Waals surface area contributed by atoms with Gasteiger partial charge in [0.2, 0.25) is 0 Å². The van der Waals surface area contributed by atoms with Crippen LogP contribution in [0.4, 0.5) is 4.79 Å². The first kappa shape index (κ1) is 14.8. The van der Waals surface area contributed by atoms with Crippen molar-refractivity contribution in [1.82, 2.24) is 9.80 Å². The molecule has 0 bridgehead atoms. The van der Waals surface area contributed by atoms with E-state index >= 15 is 0 Å². The summed E-state index contributed by atoms with van der Waals surface area (Å²) in [5, 5.41) is 9.28. The summed E-state index contributed by atoms with van der Waals surface area (Å²) in [6.07, 6.45) is 2.22. The maximum absolute atomic E-state index is 12.3. The molecule has 5 heteroatoms. The molecule has 104 valence electrons. The number of hydrogen-bond donors (Lipinski definition) is 1. The molecule has 0 spiro atoms. The summed E-state index contributed by atoms with van der Waals surface area (Å²) in [7, 11) is 1.74. The molecule has 1 rings (SSSR count). The summed E-state index contributed by atoms with van der Waals surface area (Å²) in [6, 6.07) is -0.168. The van der Waals surface area contributed by atoms with E-state index in [1.807, 2.05) is 0 Å². The summed E-state index contributed by atoms with van der Waals surface area (Å²) in [4.78, 5) is 26.7. The van der Waals surface area contributed by atoms with Crippen molar-refractivity contribution in [2.75, 3.05) is 20.1 Å². The first-order chi connectivity index (χ1) is 8.29. The van der Waals surface area contributed by atoms with Gasteiger partial charge < -0.3 is 14.9 Å². The molecule has 0 aliphatic carbocycles. The third-order valence-corrected chi connectivity index (χ3v) is 3.70. The average molecular weight is 256 g/mol. The zero-order valence-corrected chi connectivity index (χ0v) is 11.8. The lowest BCUT2D eigenvalue weighted by Crippen LogP contribution is -2.54. The summed E-state index contributed by atoms with van der Waals surface area (Å²) >= 11 is 0. The first-order valence-corrected chi connectivity index (χ1v) is 6.55. The molecule has 5 nitrogen and oxygen atoms in total. The Morgan fingerprint density at radius 1 is 1.44 bits per heavy atom. The predicted octanol–water partition coefficient (Wildman–Crippen LogP) is 2.02. The fourth-order valence-corrected chi connectivity index (χ4v) is 2.25. The van der Waals surface area contributed by atoms with Gasteiger partial charge in [0, 0.05) is 20.1 Å². The number of rotatable bonds is 4. The van der Waals surface area contributed by atoms with Crippen LogP contribution in [-0.4, -0.2) is 52.6 Å². The number of carbonyl (C=O) groups is 2. The van der Waals surface area contributed by atoms with E-state index in [0.717, 1.165) is 12.8 Å². The smallest absolute Gasteiger partial charge is 0.329 e. The molecule has 1 aliphatic heterocycles. The minimum atomic E-state index is -1.04. The molecule has 0 aromatic carbocycles. The van der Waals surface area contributed by atoms with Crippen molar-refractivity contribution in [2.45, 2.75) is 45.6 Å². The highest BCUT2D eigenvalue weighted by Crippen LogP contribution is 2.30. The van der Waals surface area contributed by atoms with Crippen molar-refractivity contribution in [3.8, 4) is 0 Å². The summed E-state index contributed by atoms with van der Waals surface area (Å²) in [5.41, 5.74) is -1.04. The number of hydrogen-bond acceptors (Lipinski definition) is 2. The van der Waals surface area contributed by atoms with Crippen molar-refractivity contribution >= 4 is 12.0 Å². The second kappa shape index (κ2) is 5.59. The van der Waals surface area contributed by atoms with Crippen LogP contribution in [0.3, 0.4) is 0 Å². The lowest BCUT2D eigenvalue weighted by Gasteiger charge is -2.34. The van der Waals surface area contributed by atoms with E-state index in [9.17, 15) is 14.7 Å². The van der Waals surface area contributed by atoms with Gasteiger partial charge in [-0.3, -0.25) is 0 Å². The van der Waals surface area contributed by atoms with Crippen LogP contribution < -0.4 is 0 Å². The molecular formula is C13H24N2O3. The van der Waals surface area contributed by atoms with Crippen LogP contribution in [0.1, 0.15) is 40.0 Å². The minimum absolute atomic E-state index is 0.168. The standard InChI is InChI=1S/C13H24N2O3/c1-10(2)6-9-14(4)12(18)15-8-5-7-13(15,3)11(16)17/h10H,5-9H2,1-4H3,(H,16,17). The van der Waals surface area contributed by atoms with E-state index in [1.54, 1.807) is 18.9 Å². The highest BCUT2D eigenvalue weighted by atomic mass is 16.4. The quantitative estimate of drug-likeness (QED) is 0.837. The Morgan fingerprint density at radius 2 is 2.06 bits per heavy atom. The lowest BCUT2D eigenvalue weighted by atomic mass is 10.00. The van der Waals surface area contributed by atoms with Crippen LogP contribution in [0.2, 0.25) is 0 Å². The molecule has 0 aromatic rings. The first-order valence-electron chi connectivity index (χ1n) is 6.55. The van der Waals surface area contributed by atoms with Crippen molar-refractivity contribution in [1.29, 1.82) is 0 Å². The molecule has 1 N–H and O–H groups in total. The van der Waals surface area contributed by atoms with Gasteiger partial charge in [-0.15, -0.1) is 0 Å². The third kappa shape index (κ3) is 2.94. The number of carboxylic acids is 1. The van der Waals surface area contributed by atoms with Crippen molar-refractivity contribution in [2.24, 2.45) is 5.92 Å². The lowest BCUT2D eigenvalue weighted by molar-refractivity contribution is -0.147. The Kier molecular flexibility index (Phi) is 4.59. The number of likely N-dealkylation sites (tertiary alicyclic amines) is 1. The zero-order chi connectivity index (χ0) is 13.9. The molecule has 0 aromatic heterocycles. The molecular weight excluding hydrogens is 232 g/mol. The van der Waals surface area contributed by atoms with Gasteiger partial charge in [0.25, 0.3) is 0 Å². The van der Waals surface area contributed by atoms with Crippen molar-refractivity contribution in [3.05, 3.63) is 0 Å². The number of amides is 2. The topological polar surface area (TPSA) is 60.9 Å². The Labute approximate surface area is 109 Å². The van der Waals surface area contributed by atoms with Crippen molar-refractivity contribution in [3.63, 3.8) is 0 Å². The summed E-state index contributed by atoms with van der Waals surface area (Å²) in [6.45, 7) is 7.05. The van der Waals surface area contributed by atoms with Gasteiger partial charge in [-0.2, -0.15) is 0 Å². The Balaban J connectivity index is 2.68. The van der Waals surface area contributed by atoms with Gasteiger partial charge in [0.15, 0.2) is 0 Å². The van der Waals surface area contributed by atoms with E-state index in [2.05, 4.69) is 13.8 Å². The molecule has 1 heterocycles. The molecule has 1 fully saturated rings.